The summed E-state index contributed by atoms with van der Waals surface area (Å²) in [6.07, 6.45) is 6.69. The molecular formula is C73H172N10O21. The van der Waals surface area contributed by atoms with Crippen LogP contribution in [0.3, 0.4) is 0 Å². The fourth-order valence-electron chi connectivity index (χ4n) is 8.50. The SMILES string of the molecule is CC(O)CN(CC(C)O)CC(C)O.CC(O)CN(CCO)CCO.CCCCN(CCCC)CCCCO.CCCCN(CCO)CCO.CCN(CC)CC(O)CO.CCN(CCO)CCO.CN(C)CC#CC(C)(C)O.CN(C)CC(O)CO.CN(CCO)CCO.OCCN(CCO)CCO. The molecule has 6 unspecified atom stereocenters. The van der Waals surface area contributed by atoms with Crippen molar-refractivity contribution in [3.63, 3.8) is 0 Å². The topological polar surface area (TPSA) is 457 Å². The lowest BCUT2D eigenvalue weighted by Gasteiger charge is -2.25. The minimum Gasteiger partial charge on any atom is -0.396 e. The van der Waals surface area contributed by atoms with Crippen LogP contribution in [-0.2, 0) is 0 Å². The smallest absolute Gasteiger partial charge is 0.120 e. The van der Waals surface area contributed by atoms with E-state index < -0.39 is 42.2 Å². The first kappa shape index (κ1) is 123. The predicted molar refractivity (Wildman–Crippen MR) is 423 cm³/mol. The molecule has 0 aromatic rings. The molecule has 0 saturated heterocycles. The summed E-state index contributed by atoms with van der Waals surface area (Å²) in [5, 5.41) is 182. The molecule has 0 amide bonds. The minimum atomic E-state index is -0.851. The van der Waals surface area contributed by atoms with E-state index in [-0.39, 0.29) is 85.9 Å². The van der Waals surface area contributed by atoms with Gasteiger partial charge in [-0.25, -0.2) is 0 Å². The summed E-state index contributed by atoms with van der Waals surface area (Å²) in [6, 6.07) is 0. The van der Waals surface area contributed by atoms with Gasteiger partial charge in [-0.1, -0.05) is 72.6 Å². The molecule has 104 heavy (non-hydrogen) atoms. The van der Waals surface area contributed by atoms with E-state index in [1.165, 1.54) is 45.3 Å². The van der Waals surface area contributed by atoms with Gasteiger partial charge in [0.25, 0.3) is 0 Å². The third-order valence-electron chi connectivity index (χ3n) is 13.8. The molecule has 0 aromatic heterocycles. The van der Waals surface area contributed by atoms with Crippen LogP contribution in [0.5, 0.6) is 0 Å². The number of hydrogen-bond donors (Lipinski definition) is 21. The lowest BCUT2D eigenvalue weighted by atomic mass is 10.1. The molecule has 0 aromatic carbocycles. The summed E-state index contributed by atoms with van der Waals surface area (Å²) in [5.74, 6) is 5.57. The number of aliphatic hydroxyl groups is 21. The van der Waals surface area contributed by atoms with Gasteiger partial charge in [0.05, 0.1) is 129 Å². The number of hydrogen-bond acceptors (Lipinski definition) is 31. The van der Waals surface area contributed by atoms with Crippen molar-refractivity contribution in [2.75, 3.05) is 291 Å². The molecule has 0 radical (unpaired) electrons. The summed E-state index contributed by atoms with van der Waals surface area (Å²) >= 11 is 0. The van der Waals surface area contributed by atoms with Crippen LogP contribution in [0.2, 0.25) is 0 Å². The Morgan fingerprint density at radius 2 is 0.558 bits per heavy atom. The van der Waals surface area contributed by atoms with Gasteiger partial charge in [-0.15, -0.1) is 0 Å². The van der Waals surface area contributed by atoms with Gasteiger partial charge in [-0.3, -0.25) is 29.4 Å². The second kappa shape index (κ2) is 99.3. The minimum absolute atomic E-state index is 0.0622. The Labute approximate surface area is 633 Å². The van der Waals surface area contributed by atoms with E-state index in [4.69, 9.17) is 107 Å². The van der Waals surface area contributed by atoms with Crippen LogP contribution in [0.25, 0.3) is 0 Å². The summed E-state index contributed by atoms with van der Waals surface area (Å²) in [5.41, 5.74) is -0.851. The molecule has 0 rings (SSSR count). The molecule has 31 nitrogen and oxygen atoms in total. The van der Waals surface area contributed by atoms with Crippen molar-refractivity contribution in [1.82, 2.24) is 49.0 Å². The van der Waals surface area contributed by atoms with Crippen molar-refractivity contribution < 1.29 is 107 Å². The van der Waals surface area contributed by atoms with E-state index in [0.717, 1.165) is 51.9 Å². The zero-order chi connectivity index (χ0) is 82.4. The number of likely N-dealkylation sites (N-methyl/N-ethyl adjacent to an activating group) is 4. The van der Waals surface area contributed by atoms with Gasteiger partial charge in [0, 0.05) is 118 Å². The molecule has 0 aliphatic heterocycles. The fraction of sp³-hybridized carbons (Fsp3) is 0.973. The zero-order valence-electron chi connectivity index (χ0n) is 69.1. The maximum absolute atomic E-state index is 9.14. The van der Waals surface area contributed by atoms with Gasteiger partial charge < -0.3 is 127 Å². The van der Waals surface area contributed by atoms with Crippen molar-refractivity contribution in [2.45, 2.75) is 177 Å². The molecule has 0 aliphatic carbocycles. The highest BCUT2D eigenvalue weighted by Crippen LogP contribution is 2.03. The van der Waals surface area contributed by atoms with Gasteiger partial charge in [-0.05, 0) is 155 Å². The Morgan fingerprint density at radius 3 is 0.798 bits per heavy atom. The molecular weight excluding hydrogens is 1350 g/mol. The monoisotopic (exact) mass is 1530 g/mol. The average molecular weight is 1530 g/mol. The number of rotatable bonds is 53. The Hall–Kier alpha value is -1.68. The van der Waals surface area contributed by atoms with Crippen LogP contribution in [0.15, 0.2) is 0 Å². The van der Waals surface area contributed by atoms with E-state index in [1.807, 2.05) is 85.4 Å². The summed E-state index contributed by atoms with van der Waals surface area (Å²) in [4.78, 5) is 19.8. The molecule has 0 fully saturated rings. The van der Waals surface area contributed by atoms with E-state index in [9.17, 15) is 0 Å². The maximum Gasteiger partial charge on any atom is 0.120 e. The van der Waals surface area contributed by atoms with E-state index in [2.05, 4.69) is 47.3 Å². The standard InChI is InChI=1S/C12H27NO.C9H21NO3.C8H19NO2.C8H15NO.C7H17NO3.C7H17NO2.C6H15NO3.C6H15NO2.2C5H13NO2/c1-3-5-9-13(10-6-4-2)11-7-8-12-14;1-7(11)4-10(5-8(2)12)6-9(3)13;1-2-3-4-9(5-7-10)6-8-11;1-8(2,10)6-5-7-9(3)4;1-7(11)6-8(2-4-9)3-5-10;1-3-8(4-2)5-7(10)6-9;8-4-1-7(2-5-9)3-6-10;1-2-7(3-5-8)4-6-9;1-6(2)3-5(8)4-7;1-6(2-4-7)3-5-8/h14H,3-12H2,1-2H3;7-9,11-13H,4-6H2,1-3H3;10-11H,2-8H2,1H3;10H,7H2,1-4H3;7,9-11H,2-6H2,1H3;7,9-10H,3-6H2,1-2H3;8-10H,1-6H2;8-9H,2-6H2,1H3;5,7-8H,3-4H2,1-2H3;7-8H,2-5H2,1H3. The Kier molecular flexibility index (Phi) is 118. The zero-order valence-corrected chi connectivity index (χ0v) is 69.1. The van der Waals surface area contributed by atoms with Crippen LogP contribution < -0.4 is 0 Å². The Bertz CT molecular complexity index is 1500. The number of aliphatic hydroxyl groups excluding tert-OH is 20. The second-order valence-corrected chi connectivity index (χ2v) is 26.1. The van der Waals surface area contributed by atoms with E-state index in [0.29, 0.717) is 124 Å². The number of nitrogens with zero attached hydrogens (tertiary/aromatic N) is 10. The summed E-state index contributed by atoms with van der Waals surface area (Å²) < 4.78 is 0. The third kappa shape index (κ3) is 124. The Morgan fingerprint density at radius 1 is 0.288 bits per heavy atom. The molecule has 0 bridgehead atoms. The first-order valence-electron chi connectivity index (χ1n) is 38.0. The van der Waals surface area contributed by atoms with Crippen molar-refractivity contribution in [3.05, 3.63) is 0 Å². The molecule has 0 spiro atoms. The highest BCUT2D eigenvalue weighted by molar-refractivity contribution is 5.10. The predicted octanol–water partition coefficient (Wildman–Crippen LogP) is -3.82. The molecule has 0 saturated carbocycles. The normalized spacial score (nSPS) is 12.8. The van der Waals surface area contributed by atoms with Crippen molar-refractivity contribution in [3.8, 4) is 11.8 Å². The summed E-state index contributed by atoms with van der Waals surface area (Å²) in [7, 11) is 9.43. The van der Waals surface area contributed by atoms with Crippen LogP contribution in [0, 0.1) is 11.8 Å². The van der Waals surface area contributed by atoms with Crippen molar-refractivity contribution >= 4 is 0 Å². The third-order valence-corrected chi connectivity index (χ3v) is 13.8. The van der Waals surface area contributed by atoms with Crippen molar-refractivity contribution in [1.29, 1.82) is 0 Å². The van der Waals surface area contributed by atoms with Gasteiger partial charge >= 0.3 is 0 Å². The van der Waals surface area contributed by atoms with Crippen LogP contribution in [0.4, 0.5) is 0 Å². The van der Waals surface area contributed by atoms with Gasteiger partial charge in [0.1, 0.15) is 5.60 Å². The van der Waals surface area contributed by atoms with Gasteiger partial charge in [0.15, 0.2) is 0 Å². The highest BCUT2D eigenvalue weighted by Gasteiger charge is 2.14. The fourth-order valence-corrected chi connectivity index (χ4v) is 8.50. The van der Waals surface area contributed by atoms with E-state index >= 15 is 0 Å². The van der Waals surface area contributed by atoms with Gasteiger partial charge in [0.2, 0.25) is 0 Å². The second-order valence-electron chi connectivity index (χ2n) is 26.1. The van der Waals surface area contributed by atoms with Crippen LogP contribution >= 0.6 is 0 Å². The Balaban J connectivity index is -0.000000119. The first-order chi connectivity index (χ1) is 49.1. The quantitative estimate of drug-likeness (QED) is 0.0205. The van der Waals surface area contributed by atoms with Crippen molar-refractivity contribution in [2.24, 2.45) is 0 Å². The largest absolute Gasteiger partial charge is 0.396 e. The van der Waals surface area contributed by atoms with Crippen LogP contribution in [-0.4, -0.2) is 490 Å². The van der Waals surface area contributed by atoms with E-state index in [1.54, 1.807) is 46.4 Å². The van der Waals surface area contributed by atoms with Gasteiger partial charge in [-0.2, -0.15) is 0 Å². The molecule has 21 N–H and O–H groups in total. The van der Waals surface area contributed by atoms with Crippen LogP contribution in [0.1, 0.15) is 134 Å². The lowest BCUT2D eigenvalue weighted by Crippen LogP contribution is -2.40. The highest BCUT2D eigenvalue weighted by atomic mass is 16.3. The average Bonchev–Trinajstić information content (AvgIpc) is 1.28. The molecule has 0 heterocycles. The first-order valence-corrected chi connectivity index (χ1v) is 38.0. The molecule has 640 valence electrons. The molecule has 0 aliphatic rings. The number of unbranched alkanes of at least 4 members (excludes halogenated alkanes) is 4. The maximum atomic E-state index is 9.14. The molecule has 6 atom stereocenters. The molecule has 31 heteroatoms. The summed E-state index contributed by atoms with van der Waals surface area (Å²) in [6.45, 7) is 41.9. The lowest BCUT2D eigenvalue weighted by molar-refractivity contribution is 0.0530.